The van der Waals surface area contributed by atoms with Gasteiger partial charge in [-0.3, -0.25) is 5.10 Å². The standard InChI is InChI=1S/C21H15N5/c1-2-5-15(6-3-1)20-8-4-7-18-11-12-21(25-26(18)20)23-17-10-9-16-14-22-24-19(16)13-17/h1-10,12-14H,(H,22,24)(H,23,25). The van der Waals surface area contributed by atoms with Crippen molar-refractivity contribution >= 4 is 28.1 Å². The van der Waals surface area contributed by atoms with E-state index in [4.69, 9.17) is 5.10 Å². The number of nitrogens with zero attached hydrogens (tertiary/aromatic N) is 3. The van der Waals surface area contributed by atoms with Gasteiger partial charge in [-0.1, -0.05) is 42.1 Å². The Hall–Kier alpha value is -3.82. The molecule has 0 unspecified atom stereocenters. The molecule has 0 aliphatic carbocycles. The Labute approximate surface area is 150 Å². The molecule has 0 radical (unpaired) electrons. The van der Waals surface area contributed by atoms with E-state index in [-0.39, 0.29) is 0 Å². The molecule has 5 rings (SSSR count). The van der Waals surface area contributed by atoms with E-state index in [1.54, 1.807) is 0 Å². The first-order valence-corrected chi connectivity index (χ1v) is 8.36. The van der Waals surface area contributed by atoms with Gasteiger partial charge in [0.2, 0.25) is 0 Å². The van der Waals surface area contributed by atoms with Gasteiger partial charge < -0.3 is 5.32 Å². The van der Waals surface area contributed by atoms with Gasteiger partial charge in [-0.2, -0.15) is 5.10 Å². The summed E-state index contributed by atoms with van der Waals surface area (Å²) < 4.78 is 0. The van der Waals surface area contributed by atoms with Crippen LogP contribution in [0.15, 0.2) is 95.6 Å². The Morgan fingerprint density at radius 1 is 1.08 bits per heavy atom. The van der Waals surface area contributed by atoms with E-state index in [1.807, 2.05) is 65.8 Å². The smallest absolute Gasteiger partial charge is 0.159 e. The van der Waals surface area contributed by atoms with Crippen LogP contribution in [0, 0.1) is 0 Å². The molecule has 0 bridgehead atoms. The first-order chi connectivity index (χ1) is 12.9. The van der Waals surface area contributed by atoms with Gasteiger partial charge in [0.15, 0.2) is 5.84 Å². The molecule has 0 saturated heterocycles. The van der Waals surface area contributed by atoms with E-state index in [1.165, 1.54) is 0 Å². The zero-order chi connectivity index (χ0) is 17.3. The van der Waals surface area contributed by atoms with Crippen molar-refractivity contribution < 1.29 is 0 Å². The SMILES string of the molecule is C1=CC(Nc2ccc3cn[nH]c3c2)=NN2C=1C=CC=C2c1ccccc1. The minimum Gasteiger partial charge on any atom is -0.338 e. The molecule has 0 amide bonds. The molecule has 1 aromatic heterocycles. The molecule has 2 aromatic carbocycles. The van der Waals surface area contributed by atoms with Crippen LogP contribution in [0.2, 0.25) is 0 Å². The largest absolute Gasteiger partial charge is 0.338 e. The monoisotopic (exact) mass is 337 g/mol. The van der Waals surface area contributed by atoms with Gasteiger partial charge in [-0.25, -0.2) is 5.01 Å². The maximum Gasteiger partial charge on any atom is 0.159 e. The average Bonchev–Trinajstić information content (AvgIpc) is 3.16. The summed E-state index contributed by atoms with van der Waals surface area (Å²) >= 11 is 0. The molecule has 0 atom stereocenters. The highest BCUT2D eigenvalue weighted by atomic mass is 15.5. The summed E-state index contributed by atoms with van der Waals surface area (Å²) in [4.78, 5) is 0. The topological polar surface area (TPSA) is 56.3 Å². The lowest BCUT2D eigenvalue weighted by Gasteiger charge is -2.27. The zero-order valence-corrected chi connectivity index (χ0v) is 13.8. The third kappa shape index (κ3) is 2.53. The summed E-state index contributed by atoms with van der Waals surface area (Å²) in [5.41, 5.74) is 8.28. The van der Waals surface area contributed by atoms with Crippen LogP contribution in [0.4, 0.5) is 5.69 Å². The Morgan fingerprint density at radius 3 is 2.92 bits per heavy atom. The van der Waals surface area contributed by atoms with Gasteiger partial charge in [-0.05, 0) is 30.4 Å². The van der Waals surface area contributed by atoms with Crippen molar-refractivity contribution in [1.29, 1.82) is 0 Å². The number of allylic oxidation sites excluding steroid dienone is 2. The molecule has 2 aliphatic heterocycles. The lowest BCUT2D eigenvalue weighted by molar-refractivity contribution is 0.535. The summed E-state index contributed by atoms with van der Waals surface area (Å²) in [6, 6.07) is 16.3. The Balaban J connectivity index is 1.49. The molecule has 5 nitrogen and oxygen atoms in total. The molecule has 2 N–H and O–H groups in total. The number of amidine groups is 1. The Morgan fingerprint density at radius 2 is 2.00 bits per heavy atom. The molecule has 2 aliphatic rings. The maximum absolute atomic E-state index is 4.76. The first-order valence-electron chi connectivity index (χ1n) is 8.36. The van der Waals surface area contributed by atoms with Crippen molar-refractivity contribution in [2.45, 2.75) is 0 Å². The normalized spacial score (nSPS) is 15.4. The van der Waals surface area contributed by atoms with Crippen LogP contribution >= 0.6 is 0 Å². The molecule has 5 heteroatoms. The van der Waals surface area contributed by atoms with E-state index >= 15 is 0 Å². The highest BCUT2D eigenvalue weighted by Gasteiger charge is 2.19. The Bertz CT molecular complexity index is 1140. The van der Waals surface area contributed by atoms with Crippen LogP contribution in [0.25, 0.3) is 16.6 Å². The third-order valence-electron chi connectivity index (χ3n) is 4.31. The summed E-state index contributed by atoms with van der Waals surface area (Å²) in [5.74, 6) is 0.727. The Kier molecular flexibility index (Phi) is 3.30. The van der Waals surface area contributed by atoms with Crippen LogP contribution in [0.5, 0.6) is 0 Å². The van der Waals surface area contributed by atoms with E-state index in [2.05, 4.69) is 39.5 Å². The second-order valence-electron chi connectivity index (χ2n) is 6.05. The molecule has 26 heavy (non-hydrogen) atoms. The fraction of sp³-hybridized carbons (Fsp3) is 0. The molecule has 3 heterocycles. The van der Waals surface area contributed by atoms with Crippen molar-refractivity contribution in [3.63, 3.8) is 0 Å². The number of nitrogens with one attached hydrogen (secondary N) is 2. The van der Waals surface area contributed by atoms with E-state index < -0.39 is 0 Å². The minimum atomic E-state index is 0.727. The molecule has 124 valence electrons. The molecular weight excluding hydrogens is 322 g/mol. The second kappa shape index (κ2) is 5.92. The number of benzene rings is 2. The summed E-state index contributed by atoms with van der Waals surface area (Å²) in [6.45, 7) is 0. The lowest BCUT2D eigenvalue weighted by atomic mass is 10.1. The molecular formula is C21H15N5. The van der Waals surface area contributed by atoms with Gasteiger partial charge in [0.05, 0.1) is 17.4 Å². The van der Waals surface area contributed by atoms with Gasteiger partial charge >= 0.3 is 0 Å². The number of aromatic nitrogens is 2. The molecule has 3 aromatic rings. The van der Waals surface area contributed by atoms with Crippen LogP contribution < -0.4 is 5.32 Å². The number of rotatable bonds is 2. The van der Waals surface area contributed by atoms with Crippen LogP contribution in [-0.4, -0.2) is 21.0 Å². The fourth-order valence-corrected chi connectivity index (χ4v) is 3.05. The number of hydrazone groups is 1. The second-order valence-corrected chi connectivity index (χ2v) is 6.05. The molecule has 0 saturated carbocycles. The summed E-state index contributed by atoms with van der Waals surface area (Å²) in [6.07, 6.45) is 9.75. The van der Waals surface area contributed by atoms with Crippen molar-refractivity contribution in [2.24, 2.45) is 5.10 Å². The summed E-state index contributed by atoms with van der Waals surface area (Å²) in [7, 11) is 0. The summed E-state index contributed by atoms with van der Waals surface area (Å²) in [5, 5.41) is 18.1. The van der Waals surface area contributed by atoms with E-state index in [9.17, 15) is 0 Å². The molecule has 0 fully saturated rings. The minimum absolute atomic E-state index is 0.727. The van der Waals surface area contributed by atoms with Crippen LogP contribution in [0.3, 0.4) is 0 Å². The highest BCUT2D eigenvalue weighted by molar-refractivity contribution is 6.05. The van der Waals surface area contributed by atoms with Crippen LogP contribution in [-0.2, 0) is 0 Å². The number of aromatic amines is 1. The van der Waals surface area contributed by atoms with E-state index in [0.29, 0.717) is 0 Å². The number of H-pyrrole nitrogens is 1. The van der Waals surface area contributed by atoms with Crippen molar-refractivity contribution in [2.75, 3.05) is 5.32 Å². The van der Waals surface area contributed by atoms with Crippen LogP contribution in [0.1, 0.15) is 5.56 Å². The maximum atomic E-state index is 4.76. The average molecular weight is 337 g/mol. The highest BCUT2D eigenvalue weighted by Crippen LogP contribution is 2.29. The first kappa shape index (κ1) is 14.5. The number of hydrogen-bond donors (Lipinski definition) is 2. The van der Waals surface area contributed by atoms with Gasteiger partial charge in [0, 0.05) is 22.7 Å². The van der Waals surface area contributed by atoms with Crippen molar-refractivity contribution in [3.8, 4) is 0 Å². The predicted octanol–water partition coefficient (Wildman–Crippen LogP) is 4.25. The number of anilines is 1. The van der Waals surface area contributed by atoms with Gasteiger partial charge in [0.25, 0.3) is 0 Å². The molecule has 0 spiro atoms. The number of hydrogen-bond acceptors (Lipinski definition) is 4. The predicted molar refractivity (Wildman–Crippen MR) is 104 cm³/mol. The van der Waals surface area contributed by atoms with Gasteiger partial charge in [0.1, 0.15) is 5.70 Å². The third-order valence-corrected chi connectivity index (χ3v) is 4.31. The van der Waals surface area contributed by atoms with E-state index in [0.717, 1.165) is 39.4 Å². The van der Waals surface area contributed by atoms with Gasteiger partial charge in [-0.15, -0.1) is 5.10 Å². The number of fused-ring (bicyclic) bond motifs is 2. The van der Waals surface area contributed by atoms with Crippen molar-refractivity contribution in [1.82, 2.24) is 15.2 Å². The quantitative estimate of drug-likeness (QED) is 0.687. The fourth-order valence-electron chi connectivity index (χ4n) is 3.05. The van der Waals surface area contributed by atoms with Crippen molar-refractivity contribution in [3.05, 3.63) is 96.0 Å². The zero-order valence-electron chi connectivity index (χ0n) is 13.8. The lowest BCUT2D eigenvalue weighted by Crippen LogP contribution is -2.23.